The van der Waals surface area contributed by atoms with E-state index in [0.29, 0.717) is 22.6 Å². The SMILES string of the molecule is O=C(Nc1ccc([N+](=O)[O-])cc1)Nc1ccc(S(=O)(=O)Nc2ccc3cccnc3c2)cc1. The Bertz CT molecular complexity index is 1440. The summed E-state index contributed by atoms with van der Waals surface area (Å²) in [4.78, 5) is 26.5. The number of hydrogen-bond acceptors (Lipinski definition) is 6. The van der Waals surface area contributed by atoms with Crippen molar-refractivity contribution in [3.63, 3.8) is 0 Å². The molecule has 4 aromatic rings. The fraction of sp³-hybridized carbons (Fsp3) is 0. The van der Waals surface area contributed by atoms with E-state index < -0.39 is 21.0 Å². The molecule has 2 amide bonds. The molecule has 10 nitrogen and oxygen atoms in total. The summed E-state index contributed by atoms with van der Waals surface area (Å²) in [5.41, 5.74) is 1.68. The lowest BCUT2D eigenvalue weighted by Gasteiger charge is -2.10. The van der Waals surface area contributed by atoms with E-state index in [-0.39, 0.29) is 10.6 Å². The molecule has 0 atom stereocenters. The third-order valence-corrected chi connectivity index (χ3v) is 6.01. The lowest BCUT2D eigenvalue weighted by molar-refractivity contribution is -0.384. The monoisotopic (exact) mass is 463 g/mol. The predicted octanol–water partition coefficient (Wildman–Crippen LogP) is 4.59. The number of aromatic nitrogens is 1. The van der Waals surface area contributed by atoms with Crippen molar-refractivity contribution in [2.75, 3.05) is 15.4 Å². The van der Waals surface area contributed by atoms with Crippen LogP contribution in [0.5, 0.6) is 0 Å². The highest BCUT2D eigenvalue weighted by atomic mass is 32.2. The Balaban J connectivity index is 1.41. The van der Waals surface area contributed by atoms with Crippen LogP contribution in [-0.4, -0.2) is 24.4 Å². The van der Waals surface area contributed by atoms with Gasteiger partial charge >= 0.3 is 6.03 Å². The molecule has 0 saturated heterocycles. The molecule has 1 heterocycles. The summed E-state index contributed by atoms with van der Waals surface area (Å²) >= 11 is 0. The molecular formula is C22H17N5O5S. The fourth-order valence-electron chi connectivity index (χ4n) is 3.02. The summed E-state index contributed by atoms with van der Waals surface area (Å²) < 4.78 is 27.9. The molecule has 0 spiro atoms. The van der Waals surface area contributed by atoms with Crippen molar-refractivity contribution in [1.29, 1.82) is 0 Å². The fourth-order valence-corrected chi connectivity index (χ4v) is 4.07. The number of rotatable bonds is 6. The van der Waals surface area contributed by atoms with Gasteiger partial charge < -0.3 is 10.6 Å². The number of nitrogens with one attached hydrogen (secondary N) is 3. The summed E-state index contributed by atoms with van der Waals surface area (Å²) in [6.45, 7) is 0. The maximum absolute atomic E-state index is 12.7. The molecule has 11 heteroatoms. The smallest absolute Gasteiger partial charge is 0.308 e. The number of fused-ring (bicyclic) bond motifs is 1. The quantitative estimate of drug-likeness (QED) is 0.282. The van der Waals surface area contributed by atoms with Crippen LogP contribution in [0, 0.1) is 10.1 Å². The van der Waals surface area contributed by atoms with E-state index in [9.17, 15) is 23.3 Å². The van der Waals surface area contributed by atoms with E-state index in [4.69, 9.17) is 0 Å². The maximum atomic E-state index is 12.7. The zero-order chi connectivity index (χ0) is 23.4. The third-order valence-electron chi connectivity index (χ3n) is 4.62. The Kier molecular flexibility index (Phi) is 5.87. The minimum atomic E-state index is -3.85. The van der Waals surface area contributed by atoms with Crippen LogP contribution in [0.4, 0.5) is 27.5 Å². The molecule has 0 unspecified atom stereocenters. The first-order valence-corrected chi connectivity index (χ1v) is 11.1. The van der Waals surface area contributed by atoms with Gasteiger partial charge in [-0.3, -0.25) is 19.8 Å². The van der Waals surface area contributed by atoms with Gasteiger partial charge in [0.25, 0.3) is 15.7 Å². The van der Waals surface area contributed by atoms with Gasteiger partial charge in [0.15, 0.2) is 0 Å². The van der Waals surface area contributed by atoms with Gasteiger partial charge in [-0.25, -0.2) is 13.2 Å². The summed E-state index contributed by atoms with van der Waals surface area (Å²) in [7, 11) is -3.85. The zero-order valence-electron chi connectivity index (χ0n) is 16.9. The number of amides is 2. The van der Waals surface area contributed by atoms with Crippen molar-refractivity contribution >= 4 is 49.7 Å². The summed E-state index contributed by atoms with van der Waals surface area (Å²) in [5, 5.41) is 16.7. The van der Waals surface area contributed by atoms with Crippen LogP contribution in [0.2, 0.25) is 0 Å². The first-order valence-electron chi connectivity index (χ1n) is 9.60. The number of nitro benzene ring substituents is 1. The number of urea groups is 1. The Labute approximate surface area is 188 Å². The van der Waals surface area contributed by atoms with Crippen LogP contribution < -0.4 is 15.4 Å². The second kappa shape index (κ2) is 8.93. The van der Waals surface area contributed by atoms with Crippen LogP contribution in [0.15, 0.2) is 90.0 Å². The molecule has 166 valence electrons. The summed E-state index contributed by atoms with van der Waals surface area (Å²) in [6.07, 6.45) is 1.63. The molecule has 33 heavy (non-hydrogen) atoms. The predicted molar refractivity (Wildman–Crippen MR) is 125 cm³/mol. The van der Waals surface area contributed by atoms with Gasteiger partial charge in [-0.05, 0) is 54.6 Å². The Hall–Kier alpha value is -4.51. The van der Waals surface area contributed by atoms with Crippen LogP contribution in [-0.2, 0) is 10.0 Å². The van der Waals surface area contributed by atoms with E-state index in [1.165, 1.54) is 48.5 Å². The van der Waals surface area contributed by atoms with Crippen molar-refractivity contribution in [2.24, 2.45) is 0 Å². The van der Waals surface area contributed by atoms with E-state index in [1.54, 1.807) is 30.5 Å². The van der Waals surface area contributed by atoms with Gasteiger partial charge in [-0.1, -0.05) is 12.1 Å². The second-order valence-corrected chi connectivity index (χ2v) is 8.61. The van der Waals surface area contributed by atoms with E-state index in [2.05, 4.69) is 20.3 Å². The van der Waals surface area contributed by atoms with E-state index in [1.807, 2.05) is 6.07 Å². The second-order valence-electron chi connectivity index (χ2n) is 6.92. The van der Waals surface area contributed by atoms with Crippen molar-refractivity contribution in [1.82, 2.24) is 4.98 Å². The number of non-ortho nitro benzene ring substituents is 1. The van der Waals surface area contributed by atoms with E-state index >= 15 is 0 Å². The molecule has 3 aromatic carbocycles. The van der Waals surface area contributed by atoms with Gasteiger partial charge in [0.1, 0.15) is 0 Å². The van der Waals surface area contributed by atoms with E-state index in [0.717, 1.165) is 5.39 Å². The minimum Gasteiger partial charge on any atom is -0.308 e. The molecule has 0 saturated carbocycles. The minimum absolute atomic E-state index is 0.0185. The maximum Gasteiger partial charge on any atom is 0.323 e. The number of nitrogens with zero attached hydrogens (tertiary/aromatic N) is 2. The lowest BCUT2D eigenvalue weighted by Crippen LogP contribution is -2.19. The van der Waals surface area contributed by atoms with Crippen LogP contribution in [0.1, 0.15) is 0 Å². The molecular weight excluding hydrogens is 446 g/mol. The molecule has 0 radical (unpaired) electrons. The van der Waals surface area contributed by atoms with Crippen LogP contribution in [0.3, 0.4) is 0 Å². The molecule has 0 aliphatic carbocycles. The lowest BCUT2D eigenvalue weighted by atomic mass is 10.2. The topological polar surface area (TPSA) is 143 Å². The number of sulfonamides is 1. The first kappa shape index (κ1) is 21.7. The highest BCUT2D eigenvalue weighted by Crippen LogP contribution is 2.22. The van der Waals surface area contributed by atoms with Gasteiger partial charge in [0, 0.05) is 35.1 Å². The number of hydrogen-bond donors (Lipinski definition) is 3. The number of carbonyl (C=O) groups is 1. The van der Waals surface area contributed by atoms with Crippen molar-refractivity contribution in [3.8, 4) is 0 Å². The Morgan fingerprint density at radius 1 is 0.848 bits per heavy atom. The van der Waals surface area contributed by atoms with Crippen molar-refractivity contribution in [3.05, 3.63) is 95.2 Å². The molecule has 0 fully saturated rings. The highest BCUT2D eigenvalue weighted by molar-refractivity contribution is 7.92. The van der Waals surface area contributed by atoms with Gasteiger partial charge in [-0.15, -0.1) is 0 Å². The highest BCUT2D eigenvalue weighted by Gasteiger charge is 2.15. The molecule has 0 aliphatic heterocycles. The molecule has 1 aromatic heterocycles. The number of benzene rings is 3. The largest absolute Gasteiger partial charge is 0.323 e. The standard InChI is InChI=1S/C22H17N5O5S/c28-22(24-16-5-9-19(10-6-16)27(29)30)25-17-7-11-20(12-8-17)33(31,32)26-18-4-3-15-2-1-13-23-21(15)14-18/h1-14,26H,(H2,24,25,28). The van der Waals surface area contributed by atoms with Crippen LogP contribution >= 0.6 is 0 Å². The summed E-state index contributed by atoms with van der Waals surface area (Å²) in [6, 6.07) is 19.1. The van der Waals surface area contributed by atoms with Crippen molar-refractivity contribution < 1.29 is 18.1 Å². The molecule has 0 bridgehead atoms. The number of pyridine rings is 1. The first-order chi connectivity index (χ1) is 15.8. The third kappa shape index (κ3) is 5.22. The Morgan fingerprint density at radius 3 is 2.09 bits per heavy atom. The van der Waals surface area contributed by atoms with Crippen molar-refractivity contribution in [2.45, 2.75) is 4.90 Å². The molecule has 0 aliphatic rings. The van der Waals surface area contributed by atoms with Gasteiger partial charge in [-0.2, -0.15) is 0 Å². The number of anilines is 3. The molecule has 3 N–H and O–H groups in total. The normalized spacial score (nSPS) is 11.0. The average molecular weight is 463 g/mol. The Morgan fingerprint density at radius 2 is 1.45 bits per heavy atom. The van der Waals surface area contributed by atoms with Crippen LogP contribution in [0.25, 0.3) is 10.9 Å². The molecule has 4 rings (SSSR count). The zero-order valence-corrected chi connectivity index (χ0v) is 17.7. The average Bonchev–Trinajstić information content (AvgIpc) is 2.79. The number of carbonyl (C=O) groups excluding carboxylic acids is 1. The van der Waals surface area contributed by atoms with Gasteiger partial charge in [0.05, 0.1) is 21.0 Å². The number of nitro groups is 1. The van der Waals surface area contributed by atoms with Gasteiger partial charge in [0.2, 0.25) is 0 Å². The summed E-state index contributed by atoms with van der Waals surface area (Å²) in [5.74, 6) is 0.